The minimum absolute atomic E-state index is 0.0487. The lowest BCUT2D eigenvalue weighted by Gasteiger charge is -2.41. The summed E-state index contributed by atoms with van der Waals surface area (Å²) in [6.07, 6.45) is 0.727. The number of rotatable bonds is 0. The quantitative estimate of drug-likeness (QED) is 0.679. The van der Waals surface area contributed by atoms with Crippen molar-refractivity contribution in [3.63, 3.8) is 0 Å². The van der Waals surface area contributed by atoms with Crippen molar-refractivity contribution >= 4 is 33.3 Å². The van der Waals surface area contributed by atoms with E-state index >= 15 is 0 Å². The number of allylic oxidation sites excluding steroid dienone is 1. The van der Waals surface area contributed by atoms with E-state index in [1.54, 1.807) is 18.2 Å². The summed E-state index contributed by atoms with van der Waals surface area (Å²) in [5.41, 5.74) is 5.43. The maximum Gasteiger partial charge on any atom is 0.245 e. The van der Waals surface area contributed by atoms with Gasteiger partial charge in [0.05, 0.1) is 5.57 Å². The number of ketones is 1. The van der Waals surface area contributed by atoms with Crippen LogP contribution in [0.3, 0.4) is 0 Å². The Morgan fingerprint density at radius 1 is 1.31 bits per heavy atom. The molecule has 1 amide bonds. The summed E-state index contributed by atoms with van der Waals surface area (Å²) < 4.78 is 6.31. The normalized spacial score (nSPS) is 26.2. The van der Waals surface area contributed by atoms with Gasteiger partial charge in [-0.2, -0.15) is 5.26 Å². The molecule has 0 saturated carbocycles. The molecule has 0 saturated heterocycles. The van der Waals surface area contributed by atoms with E-state index in [9.17, 15) is 14.9 Å². The summed E-state index contributed by atoms with van der Waals surface area (Å²) in [5, 5.41) is 12.6. The van der Waals surface area contributed by atoms with Gasteiger partial charge < -0.3 is 15.8 Å². The summed E-state index contributed by atoms with van der Waals surface area (Å²) in [6.45, 7) is 3.92. The number of halogens is 1. The van der Waals surface area contributed by atoms with Gasteiger partial charge in [0.25, 0.3) is 0 Å². The Hall–Kier alpha value is -2.59. The van der Waals surface area contributed by atoms with E-state index in [1.165, 1.54) is 0 Å². The van der Waals surface area contributed by atoms with Crippen molar-refractivity contribution in [1.29, 1.82) is 5.26 Å². The van der Waals surface area contributed by atoms with Crippen LogP contribution in [0.25, 0.3) is 0 Å². The van der Waals surface area contributed by atoms with Crippen molar-refractivity contribution in [3.05, 3.63) is 51.0 Å². The molecular formula is C19H16BrN3O3. The van der Waals surface area contributed by atoms with E-state index in [2.05, 4.69) is 21.2 Å². The van der Waals surface area contributed by atoms with E-state index in [0.29, 0.717) is 27.9 Å². The Morgan fingerprint density at radius 2 is 2.04 bits per heavy atom. The summed E-state index contributed by atoms with van der Waals surface area (Å²) in [6, 6.07) is 7.32. The van der Waals surface area contributed by atoms with Gasteiger partial charge in [0, 0.05) is 28.6 Å². The Kier molecular flexibility index (Phi) is 3.38. The van der Waals surface area contributed by atoms with Crippen LogP contribution >= 0.6 is 15.9 Å². The Balaban J connectivity index is 2.13. The predicted octanol–water partition coefficient (Wildman–Crippen LogP) is 3.01. The van der Waals surface area contributed by atoms with Crippen molar-refractivity contribution in [2.45, 2.75) is 32.1 Å². The number of ether oxygens (including phenoxy) is 1. The molecule has 2 heterocycles. The van der Waals surface area contributed by atoms with Gasteiger partial charge in [-0.05, 0) is 17.5 Å². The van der Waals surface area contributed by atoms with Gasteiger partial charge >= 0.3 is 0 Å². The highest BCUT2D eigenvalue weighted by Gasteiger charge is 2.61. The molecule has 1 aromatic rings. The van der Waals surface area contributed by atoms with Crippen LogP contribution < -0.4 is 11.1 Å². The van der Waals surface area contributed by atoms with Gasteiger partial charge in [-0.1, -0.05) is 35.8 Å². The molecule has 1 atom stereocenters. The van der Waals surface area contributed by atoms with Gasteiger partial charge in [0.1, 0.15) is 22.8 Å². The van der Waals surface area contributed by atoms with Crippen molar-refractivity contribution in [2.24, 2.45) is 11.1 Å². The van der Waals surface area contributed by atoms with Crippen molar-refractivity contribution in [1.82, 2.24) is 0 Å². The Morgan fingerprint density at radius 3 is 2.73 bits per heavy atom. The molecular weight excluding hydrogens is 398 g/mol. The lowest BCUT2D eigenvalue weighted by molar-refractivity contribution is -0.124. The number of amides is 1. The van der Waals surface area contributed by atoms with Crippen LogP contribution in [-0.2, 0) is 19.7 Å². The molecule has 26 heavy (non-hydrogen) atoms. The van der Waals surface area contributed by atoms with E-state index in [1.807, 2.05) is 19.9 Å². The highest BCUT2D eigenvalue weighted by atomic mass is 79.9. The van der Waals surface area contributed by atoms with Gasteiger partial charge in [-0.3, -0.25) is 9.59 Å². The number of nitrogens with two attached hydrogens (primary N) is 1. The number of nitriles is 1. The molecule has 0 bridgehead atoms. The average Bonchev–Trinajstić information content (AvgIpc) is 2.80. The van der Waals surface area contributed by atoms with Crippen LogP contribution in [0, 0.1) is 16.7 Å². The number of carbonyl (C=O) groups is 2. The monoisotopic (exact) mass is 413 g/mol. The third-order valence-electron chi connectivity index (χ3n) is 5.15. The first kappa shape index (κ1) is 16.9. The molecule has 0 fully saturated rings. The molecule has 1 spiro atoms. The van der Waals surface area contributed by atoms with Crippen molar-refractivity contribution in [3.8, 4) is 6.07 Å². The number of Topliss-reactive ketones (excluding diaryl/α,β-unsaturated/α-hetero) is 1. The fraction of sp³-hybridized carbons (Fsp3) is 0.316. The molecule has 2 aliphatic heterocycles. The molecule has 1 unspecified atom stereocenters. The summed E-state index contributed by atoms with van der Waals surface area (Å²) in [4.78, 5) is 26.4. The smallest absolute Gasteiger partial charge is 0.245 e. The number of anilines is 1. The Labute approximate surface area is 158 Å². The number of carbonyl (C=O) groups excluding carboxylic acids is 2. The SMILES string of the molecule is CC1(C)CC(=O)C2=C(C1)OC(N)=C(C#N)C21C(=O)Nc2cccc(Br)c21. The molecule has 7 heteroatoms. The van der Waals surface area contributed by atoms with E-state index < -0.39 is 11.3 Å². The van der Waals surface area contributed by atoms with Gasteiger partial charge in [-0.25, -0.2) is 0 Å². The number of nitrogens with zero attached hydrogens (tertiary/aromatic N) is 1. The Bertz CT molecular complexity index is 1000. The number of benzene rings is 1. The highest BCUT2D eigenvalue weighted by Crippen LogP contribution is 2.57. The second-order valence-corrected chi connectivity index (χ2v) is 8.41. The van der Waals surface area contributed by atoms with Crippen LogP contribution in [0.5, 0.6) is 0 Å². The topological polar surface area (TPSA) is 105 Å². The van der Waals surface area contributed by atoms with Crippen molar-refractivity contribution in [2.75, 3.05) is 5.32 Å². The molecule has 4 rings (SSSR count). The zero-order chi connectivity index (χ0) is 18.9. The average molecular weight is 414 g/mol. The predicted molar refractivity (Wildman–Crippen MR) is 97.4 cm³/mol. The summed E-state index contributed by atoms with van der Waals surface area (Å²) in [5.74, 6) is -0.407. The minimum Gasteiger partial charge on any atom is -0.444 e. The number of hydrogen-bond donors (Lipinski definition) is 2. The third kappa shape index (κ3) is 1.96. The van der Waals surface area contributed by atoms with Gasteiger partial charge in [0.2, 0.25) is 11.8 Å². The minimum atomic E-state index is -1.57. The second kappa shape index (κ2) is 5.21. The maximum absolute atomic E-state index is 13.2. The molecule has 3 aliphatic rings. The number of nitrogens with one attached hydrogen (secondary N) is 1. The standard InChI is InChI=1S/C19H16BrN3O3/c1-18(2)6-12(24)15-13(7-18)26-16(22)9(8-21)19(15)14-10(20)4-3-5-11(14)23-17(19)25/h3-5H,6-7,22H2,1-2H3,(H,23,25). The van der Waals surface area contributed by atoms with Crippen LogP contribution in [0.1, 0.15) is 32.3 Å². The molecule has 3 N–H and O–H groups in total. The summed E-state index contributed by atoms with van der Waals surface area (Å²) in [7, 11) is 0. The molecule has 1 aromatic carbocycles. The molecule has 0 radical (unpaired) electrons. The summed E-state index contributed by atoms with van der Waals surface area (Å²) >= 11 is 3.48. The maximum atomic E-state index is 13.2. The highest BCUT2D eigenvalue weighted by molar-refractivity contribution is 9.10. The van der Waals surface area contributed by atoms with E-state index in [-0.39, 0.29) is 34.6 Å². The second-order valence-electron chi connectivity index (χ2n) is 7.56. The molecule has 6 nitrogen and oxygen atoms in total. The lowest BCUT2D eigenvalue weighted by atomic mass is 9.62. The number of hydrogen-bond acceptors (Lipinski definition) is 5. The van der Waals surface area contributed by atoms with Crippen LogP contribution in [-0.4, -0.2) is 11.7 Å². The first-order chi connectivity index (χ1) is 12.2. The fourth-order valence-corrected chi connectivity index (χ4v) is 4.88. The molecule has 1 aliphatic carbocycles. The van der Waals surface area contributed by atoms with Gasteiger partial charge in [-0.15, -0.1) is 0 Å². The van der Waals surface area contributed by atoms with E-state index in [4.69, 9.17) is 10.5 Å². The molecule has 132 valence electrons. The zero-order valence-corrected chi connectivity index (χ0v) is 15.9. The lowest BCUT2D eigenvalue weighted by Crippen LogP contribution is -2.48. The zero-order valence-electron chi connectivity index (χ0n) is 14.3. The first-order valence-corrected chi connectivity index (χ1v) is 8.97. The van der Waals surface area contributed by atoms with E-state index in [0.717, 1.165) is 0 Å². The van der Waals surface area contributed by atoms with Crippen LogP contribution in [0.2, 0.25) is 0 Å². The van der Waals surface area contributed by atoms with Crippen molar-refractivity contribution < 1.29 is 14.3 Å². The van der Waals surface area contributed by atoms with Crippen LogP contribution in [0.15, 0.2) is 45.5 Å². The third-order valence-corrected chi connectivity index (χ3v) is 5.82. The fourth-order valence-electron chi connectivity index (χ4n) is 4.22. The first-order valence-electron chi connectivity index (χ1n) is 8.18. The van der Waals surface area contributed by atoms with Gasteiger partial charge in [0.15, 0.2) is 5.78 Å². The van der Waals surface area contributed by atoms with Crippen LogP contribution in [0.4, 0.5) is 5.69 Å². The number of fused-ring (bicyclic) bond motifs is 3. The molecule has 0 aromatic heterocycles. The largest absolute Gasteiger partial charge is 0.444 e.